The SMILES string of the molecule is Cn1cc(C2=C(c3c4c(n5ccccc35)CC[C@@H](CN)C4)C(=O)NC2=O)c2ccccc21. The van der Waals surface area contributed by atoms with Gasteiger partial charge in [0.05, 0.1) is 16.7 Å². The molecular formula is C26H24N4O2. The van der Waals surface area contributed by atoms with Gasteiger partial charge in [-0.2, -0.15) is 0 Å². The highest BCUT2D eigenvalue weighted by atomic mass is 16.2. The van der Waals surface area contributed by atoms with Crippen molar-refractivity contribution in [1.29, 1.82) is 0 Å². The van der Waals surface area contributed by atoms with Crippen LogP contribution in [0.2, 0.25) is 0 Å². The fourth-order valence-corrected chi connectivity index (χ4v) is 5.52. The maximum atomic E-state index is 13.3. The summed E-state index contributed by atoms with van der Waals surface area (Å²) in [6.45, 7) is 0.616. The summed E-state index contributed by atoms with van der Waals surface area (Å²) in [6.07, 6.45) is 6.76. The van der Waals surface area contributed by atoms with Gasteiger partial charge < -0.3 is 14.7 Å². The lowest BCUT2D eigenvalue weighted by Crippen LogP contribution is -2.24. The van der Waals surface area contributed by atoms with E-state index in [1.807, 2.05) is 66.5 Å². The fourth-order valence-electron chi connectivity index (χ4n) is 5.52. The molecule has 4 heterocycles. The van der Waals surface area contributed by atoms with Gasteiger partial charge in [0.2, 0.25) is 0 Å². The van der Waals surface area contributed by atoms with Crippen LogP contribution in [0.15, 0.2) is 54.9 Å². The second kappa shape index (κ2) is 6.93. The number of carbonyl (C=O) groups is 2. The second-order valence-electron chi connectivity index (χ2n) is 8.80. The van der Waals surface area contributed by atoms with Gasteiger partial charge in [-0.15, -0.1) is 0 Å². The maximum absolute atomic E-state index is 13.3. The predicted molar refractivity (Wildman–Crippen MR) is 125 cm³/mol. The Balaban J connectivity index is 1.71. The van der Waals surface area contributed by atoms with Crippen molar-refractivity contribution in [2.45, 2.75) is 19.3 Å². The molecule has 0 spiro atoms. The van der Waals surface area contributed by atoms with Crippen LogP contribution in [0, 0.1) is 5.92 Å². The summed E-state index contributed by atoms with van der Waals surface area (Å²) in [5.74, 6) is -0.288. The van der Waals surface area contributed by atoms with E-state index in [-0.39, 0.29) is 11.8 Å². The monoisotopic (exact) mass is 424 g/mol. The molecule has 0 saturated carbocycles. The highest BCUT2D eigenvalue weighted by Crippen LogP contribution is 2.42. The number of carbonyl (C=O) groups excluding carboxylic acids is 2. The van der Waals surface area contributed by atoms with Gasteiger partial charge in [-0.1, -0.05) is 24.3 Å². The van der Waals surface area contributed by atoms with Gasteiger partial charge in [0, 0.05) is 47.2 Å². The molecule has 0 fully saturated rings. The molecule has 160 valence electrons. The molecule has 6 heteroatoms. The lowest BCUT2D eigenvalue weighted by molar-refractivity contribution is -0.122. The summed E-state index contributed by atoms with van der Waals surface area (Å²) in [5, 5.41) is 3.54. The zero-order chi connectivity index (χ0) is 22.0. The Hall–Kier alpha value is -3.64. The summed E-state index contributed by atoms with van der Waals surface area (Å²) in [7, 11) is 1.96. The van der Waals surface area contributed by atoms with Gasteiger partial charge in [0.1, 0.15) is 0 Å². The van der Waals surface area contributed by atoms with Crippen molar-refractivity contribution in [3.05, 3.63) is 77.2 Å². The number of fused-ring (bicyclic) bond motifs is 4. The Morgan fingerprint density at radius 2 is 1.78 bits per heavy atom. The second-order valence-corrected chi connectivity index (χ2v) is 8.80. The van der Waals surface area contributed by atoms with Crippen LogP contribution in [0.3, 0.4) is 0 Å². The summed E-state index contributed by atoms with van der Waals surface area (Å²) < 4.78 is 4.18. The van der Waals surface area contributed by atoms with Crippen molar-refractivity contribution in [1.82, 2.24) is 14.3 Å². The minimum atomic E-state index is -0.337. The predicted octanol–water partition coefficient (Wildman–Crippen LogP) is 3.06. The third-order valence-corrected chi connectivity index (χ3v) is 7.02. The number of pyridine rings is 1. The van der Waals surface area contributed by atoms with Crippen LogP contribution in [-0.2, 0) is 29.5 Å². The minimum Gasteiger partial charge on any atom is -0.350 e. The first-order valence-corrected chi connectivity index (χ1v) is 11.0. The standard InChI is InChI=1S/C26H24N4O2/c1-29-14-18(16-6-2-3-7-19(16)29)23-24(26(32)28-25(23)31)22-17-12-15(13-27)9-10-20(17)30-11-5-4-8-21(22)30/h2-8,11,14-15H,9-10,12-13,27H2,1H3,(H,28,31,32)/t15-/m1/s1. The van der Waals surface area contributed by atoms with Crippen LogP contribution in [0.5, 0.6) is 0 Å². The number of imide groups is 1. The Labute approximate surface area is 185 Å². The number of nitrogens with two attached hydrogens (primary N) is 1. The van der Waals surface area contributed by atoms with Crippen LogP contribution < -0.4 is 11.1 Å². The van der Waals surface area contributed by atoms with E-state index in [1.54, 1.807) is 0 Å². The first-order valence-electron chi connectivity index (χ1n) is 11.0. The van der Waals surface area contributed by atoms with Crippen molar-refractivity contribution in [3.8, 4) is 0 Å². The zero-order valence-corrected chi connectivity index (χ0v) is 17.9. The zero-order valence-electron chi connectivity index (χ0n) is 17.9. The van der Waals surface area contributed by atoms with E-state index in [0.29, 0.717) is 23.6 Å². The van der Waals surface area contributed by atoms with Crippen molar-refractivity contribution < 1.29 is 9.59 Å². The Kier molecular flexibility index (Phi) is 4.13. The molecule has 2 amide bonds. The van der Waals surface area contributed by atoms with E-state index in [1.165, 1.54) is 5.69 Å². The van der Waals surface area contributed by atoms with E-state index < -0.39 is 0 Å². The number of hydrogen-bond acceptors (Lipinski definition) is 3. The molecule has 6 rings (SSSR count). The number of nitrogens with zero attached hydrogens (tertiary/aromatic N) is 2. The largest absolute Gasteiger partial charge is 0.350 e. The molecule has 3 aromatic heterocycles. The molecule has 0 radical (unpaired) electrons. The molecule has 6 nitrogen and oxygen atoms in total. The van der Waals surface area contributed by atoms with Crippen LogP contribution in [0.25, 0.3) is 27.6 Å². The van der Waals surface area contributed by atoms with Crippen LogP contribution in [0.4, 0.5) is 0 Å². The summed E-state index contributed by atoms with van der Waals surface area (Å²) in [5.41, 5.74) is 13.0. The van der Waals surface area contributed by atoms with E-state index in [4.69, 9.17) is 5.73 Å². The molecule has 2 aliphatic rings. The molecular weight excluding hydrogens is 400 g/mol. The molecule has 0 bridgehead atoms. The van der Waals surface area contributed by atoms with E-state index in [0.717, 1.165) is 52.4 Å². The summed E-state index contributed by atoms with van der Waals surface area (Å²) in [4.78, 5) is 26.4. The van der Waals surface area contributed by atoms with Gasteiger partial charge in [-0.25, -0.2) is 0 Å². The number of amides is 2. The number of aromatic nitrogens is 2. The van der Waals surface area contributed by atoms with Crippen molar-refractivity contribution >= 4 is 39.4 Å². The quantitative estimate of drug-likeness (QED) is 0.496. The van der Waals surface area contributed by atoms with Gasteiger partial charge in [0.15, 0.2) is 0 Å². The van der Waals surface area contributed by atoms with E-state index >= 15 is 0 Å². The number of rotatable bonds is 3. The fraction of sp³-hybridized carbons (Fsp3) is 0.231. The number of hydrogen-bond donors (Lipinski definition) is 2. The van der Waals surface area contributed by atoms with Crippen LogP contribution in [-0.4, -0.2) is 27.3 Å². The topological polar surface area (TPSA) is 81.5 Å². The average molecular weight is 425 g/mol. The van der Waals surface area contributed by atoms with Crippen molar-refractivity contribution in [2.24, 2.45) is 18.7 Å². The Bertz CT molecular complexity index is 1470. The third kappa shape index (κ3) is 2.56. The maximum Gasteiger partial charge on any atom is 0.259 e. The summed E-state index contributed by atoms with van der Waals surface area (Å²) >= 11 is 0. The van der Waals surface area contributed by atoms with E-state index in [2.05, 4.69) is 9.72 Å². The molecule has 4 aromatic rings. The van der Waals surface area contributed by atoms with Gasteiger partial charge >= 0.3 is 0 Å². The Morgan fingerprint density at radius 3 is 2.62 bits per heavy atom. The number of para-hydroxylation sites is 1. The van der Waals surface area contributed by atoms with Crippen LogP contribution >= 0.6 is 0 Å². The minimum absolute atomic E-state index is 0.327. The molecule has 1 aromatic carbocycles. The average Bonchev–Trinajstić information content (AvgIpc) is 3.41. The molecule has 1 atom stereocenters. The third-order valence-electron chi connectivity index (χ3n) is 7.02. The number of benzene rings is 1. The van der Waals surface area contributed by atoms with Gasteiger partial charge in [-0.3, -0.25) is 14.9 Å². The molecule has 0 unspecified atom stereocenters. The smallest absolute Gasteiger partial charge is 0.259 e. The molecule has 32 heavy (non-hydrogen) atoms. The Morgan fingerprint density at radius 1 is 1.03 bits per heavy atom. The number of nitrogens with one attached hydrogen (secondary N) is 1. The van der Waals surface area contributed by atoms with Gasteiger partial charge in [0.25, 0.3) is 11.8 Å². The highest BCUT2D eigenvalue weighted by molar-refractivity contribution is 6.50. The van der Waals surface area contributed by atoms with Crippen LogP contribution in [0.1, 0.15) is 28.8 Å². The number of aryl methyl sites for hydroxylation is 2. The highest BCUT2D eigenvalue weighted by Gasteiger charge is 2.38. The summed E-state index contributed by atoms with van der Waals surface area (Å²) in [6, 6.07) is 14.0. The lowest BCUT2D eigenvalue weighted by atomic mass is 9.83. The van der Waals surface area contributed by atoms with E-state index in [9.17, 15) is 9.59 Å². The first kappa shape index (κ1) is 19.1. The molecule has 0 saturated heterocycles. The lowest BCUT2D eigenvalue weighted by Gasteiger charge is -2.22. The van der Waals surface area contributed by atoms with Gasteiger partial charge in [-0.05, 0) is 55.5 Å². The first-order chi connectivity index (χ1) is 15.6. The molecule has 1 aliphatic heterocycles. The normalized spacial score (nSPS) is 18.6. The molecule has 3 N–H and O–H groups in total. The van der Waals surface area contributed by atoms with Crippen molar-refractivity contribution in [2.75, 3.05) is 6.54 Å². The molecule has 1 aliphatic carbocycles. The van der Waals surface area contributed by atoms with Crippen molar-refractivity contribution in [3.63, 3.8) is 0 Å².